The van der Waals surface area contributed by atoms with Gasteiger partial charge in [0.25, 0.3) is 0 Å². The molecule has 13 heavy (non-hydrogen) atoms. The van der Waals surface area contributed by atoms with Gasteiger partial charge in [0, 0.05) is 5.02 Å². The summed E-state index contributed by atoms with van der Waals surface area (Å²) >= 11 is 5.83. The van der Waals surface area contributed by atoms with Crippen LogP contribution in [0.25, 0.3) is 12.2 Å². The fraction of sp³-hybridized carbons (Fsp3) is 0.167. The molecule has 0 bridgehead atoms. The molecule has 0 nitrogen and oxygen atoms in total. The van der Waals surface area contributed by atoms with Gasteiger partial charge >= 0.3 is 0 Å². The monoisotopic (exact) mass is 192 g/mol. The van der Waals surface area contributed by atoms with Gasteiger partial charge in [0.05, 0.1) is 0 Å². The lowest BCUT2D eigenvalue weighted by atomic mass is 10.1. The van der Waals surface area contributed by atoms with Crippen molar-refractivity contribution >= 4 is 23.8 Å². The van der Waals surface area contributed by atoms with E-state index in [2.05, 4.69) is 19.6 Å². The summed E-state index contributed by atoms with van der Waals surface area (Å²) in [5, 5.41) is 2.87. The van der Waals surface area contributed by atoms with Crippen molar-refractivity contribution in [3.63, 3.8) is 0 Å². The smallest absolute Gasteiger partial charge is 0.0412 e. The summed E-state index contributed by atoms with van der Waals surface area (Å²) in [5.41, 5.74) is 1.21. The molecule has 0 aromatic heterocycles. The Labute approximate surface area is 83.9 Å². The third kappa shape index (κ3) is 2.46. The zero-order valence-electron chi connectivity index (χ0n) is 7.97. The molecule has 0 saturated carbocycles. The summed E-state index contributed by atoms with van der Waals surface area (Å²) in [6.07, 6.45) is 4.08. The van der Waals surface area contributed by atoms with Gasteiger partial charge in [-0.3, -0.25) is 0 Å². The Balaban J connectivity index is 3.47. The average Bonchev–Trinajstić information content (AvgIpc) is 2.04. The van der Waals surface area contributed by atoms with Gasteiger partial charge in [-0.1, -0.05) is 36.4 Å². The molecule has 0 atom stereocenters. The van der Waals surface area contributed by atoms with Crippen LogP contribution in [0.2, 0.25) is 5.02 Å². The molecule has 1 rings (SSSR count). The Morgan fingerprint density at radius 3 is 2.69 bits per heavy atom. The van der Waals surface area contributed by atoms with Crippen LogP contribution in [-0.2, 0) is 0 Å². The molecule has 1 aromatic carbocycles. The minimum absolute atomic E-state index is 0.738. The van der Waals surface area contributed by atoms with Gasteiger partial charge in [0.1, 0.15) is 0 Å². The van der Waals surface area contributed by atoms with Crippen LogP contribution in [0, 0.1) is 0 Å². The highest BCUT2D eigenvalue weighted by atomic mass is 35.5. The van der Waals surface area contributed by atoms with E-state index >= 15 is 0 Å². The van der Waals surface area contributed by atoms with Gasteiger partial charge in [-0.25, -0.2) is 0 Å². The zero-order chi connectivity index (χ0) is 9.84. The Morgan fingerprint density at radius 2 is 2.15 bits per heavy atom. The van der Waals surface area contributed by atoms with Crippen LogP contribution < -0.4 is 10.4 Å². The first-order valence-electron chi connectivity index (χ1n) is 4.23. The lowest BCUT2D eigenvalue weighted by Gasteiger charge is -1.94. The SMILES string of the molecule is C=c1cc(Cl)cc/c1=C(C)/C=C\C. The minimum atomic E-state index is 0.738. The molecule has 0 amide bonds. The molecule has 0 aliphatic carbocycles. The van der Waals surface area contributed by atoms with E-state index in [1.165, 1.54) is 5.57 Å². The quantitative estimate of drug-likeness (QED) is 0.642. The van der Waals surface area contributed by atoms with Gasteiger partial charge in [-0.2, -0.15) is 0 Å². The fourth-order valence-corrected chi connectivity index (χ4v) is 1.48. The third-order valence-corrected chi connectivity index (χ3v) is 2.14. The van der Waals surface area contributed by atoms with Crippen molar-refractivity contribution in [1.29, 1.82) is 0 Å². The number of rotatable bonds is 1. The molecule has 1 heteroatoms. The highest BCUT2D eigenvalue weighted by Gasteiger charge is 1.89. The standard InChI is InChI=1S/C12H13Cl/c1-4-5-9(2)12-7-6-11(13)8-10(12)3/h4-8H,3H2,1-2H3/b5-4-,12-9-. The fourth-order valence-electron chi connectivity index (χ4n) is 1.29. The Bertz CT molecular complexity index is 427. The van der Waals surface area contributed by atoms with E-state index in [-0.39, 0.29) is 0 Å². The van der Waals surface area contributed by atoms with E-state index in [1.807, 2.05) is 31.2 Å². The van der Waals surface area contributed by atoms with Gasteiger partial charge in [-0.15, -0.1) is 0 Å². The van der Waals surface area contributed by atoms with Gasteiger partial charge < -0.3 is 0 Å². The molecular weight excluding hydrogens is 180 g/mol. The van der Waals surface area contributed by atoms with Crippen LogP contribution >= 0.6 is 11.6 Å². The summed E-state index contributed by atoms with van der Waals surface area (Å²) in [6, 6.07) is 5.77. The van der Waals surface area contributed by atoms with Crippen molar-refractivity contribution in [1.82, 2.24) is 0 Å². The molecule has 0 unspecified atom stereocenters. The largest absolute Gasteiger partial charge is 0.0911 e. The van der Waals surface area contributed by atoms with Crippen LogP contribution in [0.5, 0.6) is 0 Å². The minimum Gasteiger partial charge on any atom is -0.0911 e. The van der Waals surface area contributed by atoms with Crippen molar-refractivity contribution in [2.45, 2.75) is 13.8 Å². The summed E-state index contributed by atoms with van der Waals surface area (Å²) in [7, 11) is 0. The predicted octanol–water partition coefficient (Wildman–Crippen LogP) is 2.50. The van der Waals surface area contributed by atoms with E-state index in [0.717, 1.165) is 15.5 Å². The maximum absolute atomic E-state index is 5.83. The van der Waals surface area contributed by atoms with Crippen molar-refractivity contribution < 1.29 is 0 Å². The Kier molecular flexibility index (Phi) is 3.32. The van der Waals surface area contributed by atoms with E-state index in [0.29, 0.717) is 0 Å². The van der Waals surface area contributed by atoms with Crippen molar-refractivity contribution in [2.24, 2.45) is 0 Å². The van der Waals surface area contributed by atoms with Crippen LogP contribution in [0.3, 0.4) is 0 Å². The number of allylic oxidation sites excluding steroid dienone is 2. The Hall–Kier alpha value is -1.01. The number of hydrogen-bond donors (Lipinski definition) is 0. The second-order valence-electron chi connectivity index (χ2n) is 2.98. The first-order valence-corrected chi connectivity index (χ1v) is 4.61. The third-order valence-electron chi connectivity index (χ3n) is 1.91. The normalized spacial score (nSPS) is 13.5. The average molecular weight is 193 g/mol. The van der Waals surface area contributed by atoms with Crippen LogP contribution in [0.1, 0.15) is 13.8 Å². The van der Waals surface area contributed by atoms with Crippen molar-refractivity contribution in [2.75, 3.05) is 0 Å². The van der Waals surface area contributed by atoms with Crippen molar-refractivity contribution in [3.8, 4) is 0 Å². The Morgan fingerprint density at radius 1 is 1.46 bits per heavy atom. The highest BCUT2D eigenvalue weighted by Crippen LogP contribution is 2.00. The van der Waals surface area contributed by atoms with Gasteiger partial charge in [-0.05, 0) is 42.0 Å². The topological polar surface area (TPSA) is 0 Å². The molecule has 0 spiro atoms. The van der Waals surface area contributed by atoms with Crippen LogP contribution in [0.15, 0.2) is 30.4 Å². The summed E-state index contributed by atoms with van der Waals surface area (Å²) in [4.78, 5) is 0. The molecule has 0 heterocycles. The lowest BCUT2D eigenvalue weighted by molar-refractivity contribution is 1.48. The van der Waals surface area contributed by atoms with Crippen LogP contribution in [-0.4, -0.2) is 0 Å². The number of benzene rings is 1. The van der Waals surface area contributed by atoms with Crippen LogP contribution in [0.4, 0.5) is 0 Å². The second kappa shape index (κ2) is 4.29. The molecule has 1 aromatic rings. The highest BCUT2D eigenvalue weighted by molar-refractivity contribution is 6.30. The first-order chi connectivity index (χ1) is 6.15. The maximum atomic E-state index is 5.83. The molecule has 0 aliphatic rings. The molecule has 0 radical (unpaired) electrons. The number of halogens is 1. The molecular formula is C12H13Cl. The second-order valence-corrected chi connectivity index (χ2v) is 3.42. The molecule has 68 valence electrons. The van der Waals surface area contributed by atoms with Gasteiger partial charge in [0.15, 0.2) is 0 Å². The van der Waals surface area contributed by atoms with E-state index in [4.69, 9.17) is 11.6 Å². The summed E-state index contributed by atoms with van der Waals surface area (Å²) < 4.78 is 0. The maximum Gasteiger partial charge on any atom is 0.0412 e. The molecule has 0 saturated heterocycles. The van der Waals surface area contributed by atoms with Gasteiger partial charge in [0.2, 0.25) is 0 Å². The summed E-state index contributed by atoms with van der Waals surface area (Å²) in [5.74, 6) is 0. The van der Waals surface area contributed by atoms with E-state index in [9.17, 15) is 0 Å². The summed E-state index contributed by atoms with van der Waals surface area (Å²) in [6.45, 7) is 8.02. The zero-order valence-corrected chi connectivity index (χ0v) is 8.73. The number of hydrogen-bond acceptors (Lipinski definition) is 0. The molecule has 0 aliphatic heterocycles. The predicted molar refractivity (Wildman–Crippen MR) is 60.1 cm³/mol. The van der Waals surface area contributed by atoms with E-state index in [1.54, 1.807) is 0 Å². The molecule has 0 N–H and O–H groups in total. The van der Waals surface area contributed by atoms with E-state index < -0.39 is 0 Å². The van der Waals surface area contributed by atoms with Crippen molar-refractivity contribution in [3.05, 3.63) is 45.8 Å². The lowest BCUT2D eigenvalue weighted by Crippen LogP contribution is -2.24. The molecule has 0 fully saturated rings. The first kappa shape index (κ1) is 10.1.